The van der Waals surface area contributed by atoms with Gasteiger partial charge in [-0.15, -0.1) is 0 Å². The van der Waals surface area contributed by atoms with Gasteiger partial charge in [-0.05, 0) is 30.9 Å². The molecule has 1 aromatic rings. The molecule has 2 atom stereocenters. The molecule has 2 unspecified atom stereocenters. The van der Waals surface area contributed by atoms with Crippen molar-refractivity contribution >= 4 is 6.29 Å². The highest BCUT2D eigenvalue weighted by molar-refractivity contribution is 5.78. The van der Waals surface area contributed by atoms with Gasteiger partial charge in [0.25, 0.3) is 0 Å². The van der Waals surface area contributed by atoms with Crippen LogP contribution < -0.4 is 0 Å². The summed E-state index contributed by atoms with van der Waals surface area (Å²) in [4.78, 5) is 11.0. The number of rotatable bonds is 2. The number of aliphatic hydroxyl groups excluding tert-OH is 1. The minimum Gasteiger partial charge on any atom is -0.392 e. The summed E-state index contributed by atoms with van der Waals surface area (Å²) in [5.41, 5.74) is 3.90. The molecule has 1 aromatic carbocycles. The van der Waals surface area contributed by atoms with E-state index in [-0.39, 0.29) is 12.0 Å². The van der Waals surface area contributed by atoms with Gasteiger partial charge in [0.05, 0.1) is 6.10 Å². The maximum absolute atomic E-state index is 11.0. The highest BCUT2D eigenvalue weighted by atomic mass is 16.3. The van der Waals surface area contributed by atoms with E-state index in [1.165, 1.54) is 0 Å². The third-order valence-corrected chi connectivity index (χ3v) is 3.39. The van der Waals surface area contributed by atoms with Crippen molar-refractivity contribution < 1.29 is 9.90 Å². The van der Waals surface area contributed by atoms with Crippen LogP contribution in [0.5, 0.6) is 0 Å². The van der Waals surface area contributed by atoms with E-state index in [0.29, 0.717) is 6.42 Å². The van der Waals surface area contributed by atoms with Crippen molar-refractivity contribution in [1.82, 2.24) is 0 Å². The highest BCUT2D eigenvalue weighted by Gasteiger charge is 2.28. The minimum atomic E-state index is -0.369. The summed E-state index contributed by atoms with van der Waals surface area (Å²) in [5, 5.41) is 10.0. The molecule has 84 valence electrons. The van der Waals surface area contributed by atoms with Gasteiger partial charge < -0.3 is 5.11 Å². The molecule has 16 heavy (non-hydrogen) atoms. The molecule has 0 radical (unpaired) electrons. The quantitative estimate of drug-likeness (QED) is 0.607. The van der Waals surface area contributed by atoms with E-state index >= 15 is 0 Å². The molecule has 0 spiro atoms. The highest BCUT2D eigenvalue weighted by Crippen LogP contribution is 2.31. The molecule has 0 saturated heterocycles. The summed E-state index contributed by atoms with van der Waals surface area (Å²) in [6.07, 6.45) is 1.87. The molecule has 0 aliphatic heterocycles. The molecule has 0 amide bonds. The molecule has 0 saturated carbocycles. The molecule has 1 aliphatic carbocycles. The zero-order chi connectivity index (χ0) is 11.7. The molecule has 0 aromatic heterocycles. The Hall–Kier alpha value is -1.41. The summed E-state index contributed by atoms with van der Waals surface area (Å²) in [5.74, 6) is 0.0774. The van der Waals surface area contributed by atoms with E-state index in [2.05, 4.69) is 6.58 Å². The van der Waals surface area contributed by atoms with Gasteiger partial charge in [-0.3, -0.25) is 4.79 Å². The van der Waals surface area contributed by atoms with Gasteiger partial charge >= 0.3 is 0 Å². The first kappa shape index (κ1) is 11.1. The molecule has 0 bridgehead atoms. The monoisotopic (exact) mass is 216 g/mol. The fourth-order valence-corrected chi connectivity index (χ4v) is 2.43. The molecule has 1 aliphatic rings. The summed E-state index contributed by atoms with van der Waals surface area (Å²) >= 11 is 0. The number of fused-ring (bicyclic) bond motifs is 1. The zero-order valence-corrected chi connectivity index (χ0v) is 9.44. The lowest BCUT2D eigenvalue weighted by molar-refractivity contribution is 0.110. The third kappa shape index (κ3) is 1.81. The zero-order valence-electron chi connectivity index (χ0n) is 9.44. The normalized spacial score (nSPS) is 23.6. The predicted octanol–water partition coefficient (Wildman–Crippen LogP) is 2.15. The van der Waals surface area contributed by atoms with Crippen molar-refractivity contribution in [3.63, 3.8) is 0 Å². The van der Waals surface area contributed by atoms with Crippen LogP contribution in [0.1, 0.15) is 28.4 Å². The second-order valence-corrected chi connectivity index (χ2v) is 4.53. The number of hydrogen-bond donors (Lipinski definition) is 1. The fraction of sp³-hybridized carbons (Fsp3) is 0.357. The Morgan fingerprint density at radius 3 is 2.88 bits per heavy atom. The van der Waals surface area contributed by atoms with E-state index < -0.39 is 0 Å². The summed E-state index contributed by atoms with van der Waals surface area (Å²) < 4.78 is 0. The van der Waals surface area contributed by atoms with Gasteiger partial charge in [0.15, 0.2) is 0 Å². The van der Waals surface area contributed by atoms with Crippen molar-refractivity contribution in [3.8, 4) is 0 Å². The second-order valence-electron chi connectivity index (χ2n) is 4.53. The Kier molecular flexibility index (Phi) is 2.92. The fourth-order valence-electron chi connectivity index (χ4n) is 2.43. The van der Waals surface area contributed by atoms with Crippen LogP contribution in [0.4, 0.5) is 0 Å². The summed E-state index contributed by atoms with van der Waals surface area (Å²) in [6, 6.07) is 5.69. The largest absolute Gasteiger partial charge is 0.392 e. The Bertz CT molecular complexity index is 434. The van der Waals surface area contributed by atoms with E-state index in [9.17, 15) is 9.90 Å². The van der Waals surface area contributed by atoms with Gasteiger partial charge in [-0.25, -0.2) is 0 Å². The number of carbonyl (C=O) groups excluding carboxylic acids is 1. The van der Waals surface area contributed by atoms with E-state index in [0.717, 1.165) is 35.0 Å². The Labute approximate surface area is 95.6 Å². The van der Waals surface area contributed by atoms with Crippen molar-refractivity contribution in [2.24, 2.45) is 5.92 Å². The summed E-state index contributed by atoms with van der Waals surface area (Å²) in [7, 11) is 0. The Balaban J connectivity index is 2.43. The summed E-state index contributed by atoms with van der Waals surface area (Å²) in [6.45, 7) is 5.84. The number of hydrogen-bond acceptors (Lipinski definition) is 2. The van der Waals surface area contributed by atoms with Gasteiger partial charge in [-0.2, -0.15) is 0 Å². The first-order chi connectivity index (χ1) is 7.63. The van der Waals surface area contributed by atoms with Crippen LogP contribution in [-0.4, -0.2) is 17.5 Å². The first-order valence-corrected chi connectivity index (χ1v) is 5.53. The average Bonchev–Trinajstić information content (AvgIpc) is 2.26. The molecule has 2 nitrogen and oxygen atoms in total. The van der Waals surface area contributed by atoms with Crippen molar-refractivity contribution in [2.45, 2.75) is 25.9 Å². The molecular weight excluding hydrogens is 200 g/mol. The van der Waals surface area contributed by atoms with Gasteiger partial charge in [0.2, 0.25) is 0 Å². The van der Waals surface area contributed by atoms with E-state index in [1.54, 1.807) is 0 Å². The van der Waals surface area contributed by atoms with Crippen LogP contribution in [0.25, 0.3) is 0 Å². The first-order valence-electron chi connectivity index (χ1n) is 5.53. The van der Waals surface area contributed by atoms with Crippen molar-refractivity contribution in [1.29, 1.82) is 0 Å². The van der Waals surface area contributed by atoms with Gasteiger partial charge in [-0.1, -0.05) is 30.4 Å². The van der Waals surface area contributed by atoms with Crippen molar-refractivity contribution in [2.75, 3.05) is 0 Å². The van der Waals surface area contributed by atoms with Crippen LogP contribution in [-0.2, 0) is 12.8 Å². The van der Waals surface area contributed by atoms with Crippen LogP contribution in [0.15, 0.2) is 30.4 Å². The maximum Gasteiger partial charge on any atom is 0.150 e. The van der Waals surface area contributed by atoms with Crippen LogP contribution in [0, 0.1) is 5.92 Å². The SMILES string of the molecule is C=C(C)C1Cc2c(C=O)cccc2CC1O. The predicted molar refractivity (Wildman–Crippen MR) is 63.5 cm³/mol. The maximum atomic E-state index is 11.0. The van der Waals surface area contributed by atoms with E-state index in [1.807, 2.05) is 25.1 Å². The molecular formula is C14H16O2. The molecule has 0 fully saturated rings. The van der Waals surface area contributed by atoms with Gasteiger partial charge in [0, 0.05) is 11.5 Å². The Morgan fingerprint density at radius 2 is 2.25 bits per heavy atom. The van der Waals surface area contributed by atoms with Gasteiger partial charge in [0.1, 0.15) is 6.29 Å². The Morgan fingerprint density at radius 1 is 1.50 bits per heavy atom. The third-order valence-electron chi connectivity index (χ3n) is 3.39. The van der Waals surface area contributed by atoms with Crippen LogP contribution in [0.2, 0.25) is 0 Å². The molecule has 2 heteroatoms. The minimum absolute atomic E-state index is 0.0774. The lowest BCUT2D eigenvalue weighted by Crippen LogP contribution is -2.31. The number of aldehydes is 1. The number of carbonyl (C=O) groups is 1. The smallest absolute Gasteiger partial charge is 0.150 e. The van der Waals surface area contributed by atoms with Crippen LogP contribution in [0.3, 0.4) is 0 Å². The molecule has 1 N–H and O–H groups in total. The molecule has 0 heterocycles. The average molecular weight is 216 g/mol. The lowest BCUT2D eigenvalue weighted by atomic mass is 9.77. The number of benzene rings is 1. The number of aliphatic hydroxyl groups is 1. The second kappa shape index (κ2) is 4.22. The lowest BCUT2D eigenvalue weighted by Gasteiger charge is -2.30. The van der Waals surface area contributed by atoms with Crippen LogP contribution >= 0.6 is 0 Å². The topological polar surface area (TPSA) is 37.3 Å². The molecule has 2 rings (SSSR count). The van der Waals surface area contributed by atoms with E-state index in [4.69, 9.17) is 0 Å². The standard InChI is InChI=1S/C14H16O2/c1-9(2)12-7-13-10(6-14(12)16)4-3-5-11(13)8-15/h3-5,8,12,14,16H,1,6-7H2,2H3. The van der Waals surface area contributed by atoms with Crippen molar-refractivity contribution in [3.05, 3.63) is 47.0 Å².